The van der Waals surface area contributed by atoms with Crippen molar-refractivity contribution in [2.75, 3.05) is 26.7 Å². The maximum atomic E-state index is 11.0. The molecule has 4 heteroatoms. The summed E-state index contributed by atoms with van der Waals surface area (Å²) < 4.78 is 0. The van der Waals surface area contributed by atoms with E-state index in [1.54, 1.807) is 7.05 Å². The molecule has 1 aliphatic rings. The molecule has 0 heterocycles. The van der Waals surface area contributed by atoms with E-state index in [9.17, 15) is 4.79 Å². The van der Waals surface area contributed by atoms with Gasteiger partial charge in [0.25, 0.3) is 0 Å². The SMILES string of the molecule is CCN(CC1CC1)CC(NC)C(N)=O. The first-order chi connectivity index (χ1) is 6.67. The highest BCUT2D eigenvalue weighted by Crippen LogP contribution is 2.29. The van der Waals surface area contributed by atoms with Crippen LogP contribution >= 0.6 is 0 Å². The van der Waals surface area contributed by atoms with Gasteiger partial charge in [0.05, 0.1) is 6.04 Å². The van der Waals surface area contributed by atoms with Crippen LogP contribution in [0.4, 0.5) is 0 Å². The third-order valence-corrected chi connectivity index (χ3v) is 2.79. The summed E-state index contributed by atoms with van der Waals surface area (Å²) in [5.41, 5.74) is 5.27. The highest BCUT2D eigenvalue weighted by atomic mass is 16.1. The summed E-state index contributed by atoms with van der Waals surface area (Å²) in [4.78, 5) is 13.3. The largest absolute Gasteiger partial charge is 0.368 e. The van der Waals surface area contributed by atoms with Crippen LogP contribution in [0.5, 0.6) is 0 Å². The second-order valence-electron chi connectivity index (χ2n) is 4.04. The Morgan fingerprint density at radius 2 is 2.29 bits per heavy atom. The highest BCUT2D eigenvalue weighted by Gasteiger charge is 2.25. The highest BCUT2D eigenvalue weighted by molar-refractivity contribution is 5.80. The standard InChI is InChI=1S/C10H21N3O/c1-3-13(6-8-4-5-8)7-9(12-2)10(11)14/h8-9,12H,3-7H2,1-2H3,(H2,11,14). The van der Waals surface area contributed by atoms with Crippen molar-refractivity contribution in [1.29, 1.82) is 0 Å². The average molecular weight is 199 g/mol. The first kappa shape index (κ1) is 11.5. The van der Waals surface area contributed by atoms with E-state index in [1.807, 2.05) is 0 Å². The van der Waals surface area contributed by atoms with Crippen LogP contribution < -0.4 is 11.1 Å². The van der Waals surface area contributed by atoms with Crippen LogP contribution in [0.15, 0.2) is 0 Å². The van der Waals surface area contributed by atoms with Gasteiger partial charge in [-0.3, -0.25) is 4.79 Å². The Balaban J connectivity index is 2.31. The molecule has 1 unspecified atom stereocenters. The van der Waals surface area contributed by atoms with Gasteiger partial charge in [0, 0.05) is 13.1 Å². The van der Waals surface area contributed by atoms with Gasteiger partial charge in [0.2, 0.25) is 5.91 Å². The Morgan fingerprint density at radius 1 is 1.64 bits per heavy atom. The third kappa shape index (κ3) is 3.64. The molecule has 0 bridgehead atoms. The number of primary amides is 1. The molecule has 3 N–H and O–H groups in total. The van der Waals surface area contributed by atoms with E-state index >= 15 is 0 Å². The lowest BCUT2D eigenvalue weighted by Crippen LogP contribution is -2.48. The van der Waals surface area contributed by atoms with Crippen LogP contribution in [-0.4, -0.2) is 43.5 Å². The molecule has 1 aliphatic carbocycles. The molecular weight excluding hydrogens is 178 g/mol. The molecule has 82 valence electrons. The molecule has 1 amide bonds. The van der Waals surface area contributed by atoms with E-state index in [0.717, 1.165) is 25.6 Å². The van der Waals surface area contributed by atoms with Gasteiger partial charge in [-0.25, -0.2) is 0 Å². The van der Waals surface area contributed by atoms with Crippen molar-refractivity contribution in [2.45, 2.75) is 25.8 Å². The Bertz CT molecular complexity index is 192. The van der Waals surface area contributed by atoms with E-state index in [4.69, 9.17) is 5.73 Å². The Hall–Kier alpha value is -0.610. The van der Waals surface area contributed by atoms with Crippen molar-refractivity contribution in [3.63, 3.8) is 0 Å². The van der Waals surface area contributed by atoms with Gasteiger partial charge >= 0.3 is 0 Å². The minimum absolute atomic E-state index is 0.214. The van der Waals surface area contributed by atoms with E-state index in [0.29, 0.717) is 0 Å². The van der Waals surface area contributed by atoms with Crippen molar-refractivity contribution in [1.82, 2.24) is 10.2 Å². The maximum absolute atomic E-state index is 11.0. The number of nitrogens with one attached hydrogen (secondary N) is 1. The van der Waals surface area contributed by atoms with Gasteiger partial charge in [0.15, 0.2) is 0 Å². The van der Waals surface area contributed by atoms with Crippen molar-refractivity contribution in [2.24, 2.45) is 11.7 Å². The Labute approximate surface area is 85.8 Å². The van der Waals surface area contributed by atoms with Crippen molar-refractivity contribution >= 4 is 5.91 Å². The minimum Gasteiger partial charge on any atom is -0.368 e. The van der Waals surface area contributed by atoms with Gasteiger partial charge < -0.3 is 16.0 Å². The number of carbonyl (C=O) groups excluding carboxylic acids is 1. The van der Waals surface area contributed by atoms with Crippen molar-refractivity contribution < 1.29 is 4.79 Å². The summed E-state index contributed by atoms with van der Waals surface area (Å²) in [6, 6.07) is -0.214. The predicted molar refractivity (Wildman–Crippen MR) is 56.9 cm³/mol. The van der Waals surface area contributed by atoms with Crippen LogP contribution in [0, 0.1) is 5.92 Å². The third-order valence-electron chi connectivity index (χ3n) is 2.79. The number of amides is 1. The number of likely N-dealkylation sites (N-methyl/N-ethyl adjacent to an activating group) is 2. The lowest BCUT2D eigenvalue weighted by molar-refractivity contribution is -0.120. The Morgan fingerprint density at radius 3 is 2.64 bits per heavy atom. The summed E-state index contributed by atoms with van der Waals surface area (Å²) in [5, 5.41) is 2.94. The molecule has 0 aromatic heterocycles. The van der Waals surface area contributed by atoms with Crippen LogP contribution in [0.1, 0.15) is 19.8 Å². The number of hydrogen-bond donors (Lipinski definition) is 2. The van der Waals surface area contributed by atoms with Gasteiger partial charge in [-0.15, -0.1) is 0 Å². The van der Waals surface area contributed by atoms with E-state index in [2.05, 4.69) is 17.1 Å². The number of hydrogen-bond acceptors (Lipinski definition) is 3. The lowest BCUT2D eigenvalue weighted by Gasteiger charge is -2.24. The second kappa shape index (κ2) is 5.32. The average Bonchev–Trinajstić information content (AvgIpc) is 2.95. The summed E-state index contributed by atoms with van der Waals surface area (Å²) >= 11 is 0. The van der Waals surface area contributed by atoms with Crippen molar-refractivity contribution in [3.8, 4) is 0 Å². The molecule has 1 atom stereocenters. The predicted octanol–water partition coefficient (Wildman–Crippen LogP) is -0.208. The number of rotatable bonds is 7. The molecule has 0 aromatic rings. The second-order valence-corrected chi connectivity index (χ2v) is 4.04. The van der Waals surface area contributed by atoms with E-state index < -0.39 is 0 Å². The zero-order valence-corrected chi connectivity index (χ0v) is 9.12. The van der Waals surface area contributed by atoms with Gasteiger partial charge in [-0.2, -0.15) is 0 Å². The van der Waals surface area contributed by atoms with E-state index in [1.165, 1.54) is 12.8 Å². The minimum atomic E-state index is -0.262. The zero-order valence-electron chi connectivity index (χ0n) is 9.12. The molecule has 1 fully saturated rings. The summed E-state index contributed by atoms with van der Waals surface area (Å²) in [6.45, 7) is 4.96. The fourth-order valence-corrected chi connectivity index (χ4v) is 1.58. The first-order valence-electron chi connectivity index (χ1n) is 5.36. The first-order valence-corrected chi connectivity index (χ1v) is 5.36. The number of nitrogens with zero attached hydrogens (tertiary/aromatic N) is 1. The number of carbonyl (C=O) groups is 1. The smallest absolute Gasteiger partial charge is 0.235 e. The molecule has 0 radical (unpaired) electrons. The topological polar surface area (TPSA) is 58.4 Å². The normalized spacial score (nSPS) is 18.5. The molecule has 0 aromatic carbocycles. The zero-order chi connectivity index (χ0) is 10.6. The number of nitrogens with two attached hydrogens (primary N) is 1. The van der Waals surface area contributed by atoms with Crippen molar-refractivity contribution in [3.05, 3.63) is 0 Å². The summed E-state index contributed by atoms with van der Waals surface area (Å²) in [5.74, 6) is 0.599. The van der Waals surface area contributed by atoms with Crippen LogP contribution in [0.2, 0.25) is 0 Å². The van der Waals surface area contributed by atoms with Gasteiger partial charge in [0.1, 0.15) is 0 Å². The summed E-state index contributed by atoms with van der Waals surface area (Å²) in [6.07, 6.45) is 2.69. The van der Waals surface area contributed by atoms with E-state index in [-0.39, 0.29) is 11.9 Å². The molecular formula is C10H21N3O. The van der Waals surface area contributed by atoms with Crippen LogP contribution in [-0.2, 0) is 4.79 Å². The van der Waals surface area contributed by atoms with Crippen LogP contribution in [0.3, 0.4) is 0 Å². The Kier molecular flexibility index (Phi) is 4.35. The molecule has 0 aliphatic heterocycles. The molecule has 0 saturated heterocycles. The fourth-order valence-electron chi connectivity index (χ4n) is 1.58. The van der Waals surface area contributed by atoms with Gasteiger partial charge in [-0.1, -0.05) is 6.92 Å². The maximum Gasteiger partial charge on any atom is 0.235 e. The molecule has 1 saturated carbocycles. The quantitative estimate of drug-likeness (QED) is 0.596. The molecule has 1 rings (SSSR count). The lowest BCUT2D eigenvalue weighted by atomic mass is 10.2. The molecule has 4 nitrogen and oxygen atoms in total. The van der Waals surface area contributed by atoms with Gasteiger partial charge in [-0.05, 0) is 32.4 Å². The summed E-state index contributed by atoms with van der Waals surface area (Å²) in [7, 11) is 1.78. The molecule has 14 heavy (non-hydrogen) atoms. The van der Waals surface area contributed by atoms with Crippen LogP contribution in [0.25, 0.3) is 0 Å². The fraction of sp³-hybridized carbons (Fsp3) is 0.900. The monoisotopic (exact) mass is 199 g/mol. The molecule has 0 spiro atoms.